The molecule has 0 radical (unpaired) electrons. The van der Waals surface area contributed by atoms with Crippen molar-refractivity contribution in [3.8, 4) is 0 Å². The number of hydrogen-bond acceptors (Lipinski definition) is 3. The number of nitrogens with zero attached hydrogens (tertiary/aromatic N) is 4. The molecule has 2 aromatic rings. The van der Waals surface area contributed by atoms with Gasteiger partial charge in [-0.05, 0) is 13.0 Å². The van der Waals surface area contributed by atoms with E-state index in [1.54, 1.807) is 12.4 Å². The predicted molar refractivity (Wildman–Crippen MR) is 58.4 cm³/mol. The van der Waals surface area contributed by atoms with Gasteiger partial charge in [-0.3, -0.25) is 4.68 Å². The van der Waals surface area contributed by atoms with E-state index in [4.69, 9.17) is 0 Å². The van der Waals surface area contributed by atoms with Crippen LogP contribution in [-0.2, 0) is 20.1 Å². The summed E-state index contributed by atoms with van der Waals surface area (Å²) in [5.74, 6) is 0.902. The fourth-order valence-electron chi connectivity index (χ4n) is 1.48. The molecule has 15 heavy (non-hydrogen) atoms. The number of aryl methyl sites for hydroxylation is 2. The average molecular weight is 205 g/mol. The van der Waals surface area contributed by atoms with E-state index in [9.17, 15) is 0 Å². The Balaban J connectivity index is 2.02. The van der Waals surface area contributed by atoms with Crippen LogP contribution in [0, 0.1) is 0 Å². The molecule has 0 atom stereocenters. The van der Waals surface area contributed by atoms with Gasteiger partial charge in [-0.1, -0.05) is 0 Å². The summed E-state index contributed by atoms with van der Waals surface area (Å²) in [6.45, 7) is 3.76. The Bertz CT molecular complexity index is 428. The third-order valence-electron chi connectivity index (χ3n) is 2.41. The van der Waals surface area contributed by atoms with Crippen molar-refractivity contribution in [2.45, 2.75) is 20.0 Å². The summed E-state index contributed by atoms with van der Waals surface area (Å²) >= 11 is 0. The zero-order valence-corrected chi connectivity index (χ0v) is 9.01. The lowest BCUT2D eigenvalue weighted by Crippen LogP contribution is -2.09. The first-order valence-corrected chi connectivity index (χ1v) is 5.03. The number of anilines is 1. The van der Waals surface area contributed by atoms with E-state index < -0.39 is 0 Å². The van der Waals surface area contributed by atoms with Gasteiger partial charge < -0.3 is 9.88 Å². The largest absolute Gasteiger partial charge is 0.350 e. The van der Waals surface area contributed by atoms with Crippen molar-refractivity contribution in [2.24, 2.45) is 7.05 Å². The summed E-state index contributed by atoms with van der Waals surface area (Å²) in [5, 5.41) is 7.39. The zero-order valence-electron chi connectivity index (χ0n) is 9.01. The minimum atomic E-state index is 0.744. The number of nitrogens with one attached hydrogen (secondary N) is 1. The molecule has 0 saturated carbocycles. The molecule has 2 aromatic heterocycles. The maximum atomic E-state index is 4.24. The molecule has 2 rings (SSSR count). The van der Waals surface area contributed by atoms with Gasteiger partial charge in [0.15, 0.2) is 0 Å². The van der Waals surface area contributed by atoms with Gasteiger partial charge in [-0.15, -0.1) is 0 Å². The second-order valence-electron chi connectivity index (χ2n) is 3.34. The molecule has 0 aliphatic heterocycles. The second kappa shape index (κ2) is 4.16. The Hall–Kier alpha value is -1.78. The third-order valence-corrected chi connectivity index (χ3v) is 2.41. The molecule has 0 fully saturated rings. The molecule has 0 unspecified atom stereocenters. The third kappa shape index (κ3) is 2.01. The number of aromatic nitrogens is 4. The topological polar surface area (TPSA) is 47.7 Å². The maximum Gasteiger partial charge on any atom is 0.203 e. The molecule has 0 aliphatic carbocycles. The second-order valence-corrected chi connectivity index (χ2v) is 3.34. The average Bonchev–Trinajstić information content (AvgIpc) is 2.83. The van der Waals surface area contributed by atoms with Crippen LogP contribution in [0.2, 0.25) is 0 Å². The van der Waals surface area contributed by atoms with E-state index in [1.807, 2.05) is 24.0 Å². The van der Waals surface area contributed by atoms with Gasteiger partial charge in [0.2, 0.25) is 5.95 Å². The van der Waals surface area contributed by atoms with Gasteiger partial charge in [0.1, 0.15) is 0 Å². The fourth-order valence-corrected chi connectivity index (χ4v) is 1.48. The Morgan fingerprint density at radius 3 is 2.93 bits per heavy atom. The molecule has 80 valence electrons. The van der Waals surface area contributed by atoms with Gasteiger partial charge >= 0.3 is 0 Å². The Morgan fingerprint density at radius 2 is 2.27 bits per heavy atom. The lowest BCUT2D eigenvalue weighted by Gasteiger charge is -2.07. The van der Waals surface area contributed by atoms with Crippen molar-refractivity contribution in [3.63, 3.8) is 0 Å². The van der Waals surface area contributed by atoms with E-state index >= 15 is 0 Å². The van der Waals surface area contributed by atoms with Crippen LogP contribution in [0.5, 0.6) is 0 Å². The van der Waals surface area contributed by atoms with Crippen molar-refractivity contribution in [1.82, 2.24) is 19.3 Å². The van der Waals surface area contributed by atoms with Crippen LogP contribution in [0.15, 0.2) is 24.7 Å². The highest BCUT2D eigenvalue weighted by atomic mass is 15.3. The van der Waals surface area contributed by atoms with Gasteiger partial charge in [0.25, 0.3) is 0 Å². The zero-order chi connectivity index (χ0) is 10.7. The highest BCUT2D eigenvalue weighted by Gasteiger charge is 2.02. The maximum absolute atomic E-state index is 4.24. The minimum Gasteiger partial charge on any atom is -0.350 e. The summed E-state index contributed by atoms with van der Waals surface area (Å²) in [4.78, 5) is 4.24. The van der Waals surface area contributed by atoms with Gasteiger partial charge in [-0.2, -0.15) is 5.10 Å². The SMILES string of the molecule is CCn1ccnc1NCc1ccnn1C. The highest BCUT2D eigenvalue weighted by Crippen LogP contribution is 2.06. The summed E-state index contributed by atoms with van der Waals surface area (Å²) in [7, 11) is 1.93. The summed E-state index contributed by atoms with van der Waals surface area (Å²) < 4.78 is 3.92. The number of rotatable bonds is 4. The van der Waals surface area contributed by atoms with E-state index in [2.05, 4.69) is 26.9 Å². The standard InChI is InChI=1S/C10H15N5/c1-3-15-7-6-11-10(15)12-8-9-4-5-13-14(9)2/h4-7H,3,8H2,1-2H3,(H,11,12). The number of imidazole rings is 1. The van der Waals surface area contributed by atoms with E-state index in [0.29, 0.717) is 0 Å². The van der Waals surface area contributed by atoms with Crippen LogP contribution >= 0.6 is 0 Å². The minimum absolute atomic E-state index is 0.744. The van der Waals surface area contributed by atoms with Crippen LogP contribution in [0.4, 0.5) is 5.95 Å². The number of hydrogen-bond donors (Lipinski definition) is 1. The predicted octanol–water partition coefficient (Wildman–Crippen LogP) is 1.25. The fraction of sp³-hybridized carbons (Fsp3) is 0.400. The van der Waals surface area contributed by atoms with Crippen molar-refractivity contribution in [3.05, 3.63) is 30.4 Å². The normalized spacial score (nSPS) is 10.5. The Kier molecular flexibility index (Phi) is 2.71. The molecule has 1 N–H and O–H groups in total. The molecule has 0 aromatic carbocycles. The molecular weight excluding hydrogens is 190 g/mol. The highest BCUT2D eigenvalue weighted by molar-refractivity contribution is 5.26. The molecule has 0 spiro atoms. The van der Waals surface area contributed by atoms with Crippen molar-refractivity contribution >= 4 is 5.95 Å². The van der Waals surface area contributed by atoms with Gasteiger partial charge in [0.05, 0.1) is 12.2 Å². The van der Waals surface area contributed by atoms with E-state index in [0.717, 1.165) is 24.7 Å². The summed E-state index contributed by atoms with van der Waals surface area (Å²) in [5.41, 5.74) is 1.14. The van der Waals surface area contributed by atoms with Crippen LogP contribution in [-0.4, -0.2) is 19.3 Å². The van der Waals surface area contributed by atoms with Crippen molar-refractivity contribution in [2.75, 3.05) is 5.32 Å². The first kappa shape index (κ1) is 9.76. The molecule has 5 nitrogen and oxygen atoms in total. The quantitative estimate of drug-likeness (QED) is 0.817. The van der Waals surface area contributed by atoms with E-state index in [1.165, 1.54) is 0 Å². The molecule has 0 saturated heterocycles. The van der Waals surface area contributed by atoms with Crippen LogP contribution in [0.3, 0.4) is 0 Å². The molecule has 5 heteroatoms. The Morgan fingerprint density at radius 1 is 1.40 bits per heavy atom. The van der Waals surface area contributed by atoms with E-state index in [-0.39, 0.29) is 0 Å². The molecule has 0 aliphatic rings. The van der Waals surface area contributed by atoms with Crippen LogP contribution in [0.1, 0.15) is 12.6 Å². The smallest absolute Gasteiger partial charge is 0.203 e. The monoisotopic (exact) mass is 205 g/mol. The summed E-state index contributed by atoms with van der Waals surface area (Å²) in [6.07, 6.45) is 5.56. The van der Waals surface area contributed by atoms with Crippen LogP contribution < -0.4 is 5.32 Å². The first-order chi connectivity index (χ1) is 7.31. The first-order valence-electron chi connectivity index (χ1n) is 5.03. The van der Waals surface area contributed by atoms with Crippen LogP contribution in [0.25, 0.3) is 0 Å². The molecule has 0 amide bonds. The molecular formula is C10H15N5. The van der Waals surface area contributed by atoms with Crippen molar-refractivity contribution in [1.29, 1.82) is 0 Å². The molecule has 2 heterocycles. The molecule has 0 bridgehead atoms. The summed E-state index contributed by atoms with van der Waals surface area (Å²) in [6, 6.07) is 1.99. The lowest BCUT2D eigenvalue weighted by molar-refractivity contribution is 0.711. The van der Waals surface area contributed by atoms with Gasteiger partial charge in [0, 0.05) is 32.2 Å². The Labute approximate surface area is 88.7 Å². The van der Waals surface area contributed by atoms with Crippen molar-refractivity contribution < 1.29 is 0 Å². The van der Waals surface area contributed by atoms with Gasteiger partial charge in [-0.25, -0.2) is 4.98 Å². The lowest BCUT2D eigenvalue weighted by atomic mass is 10.4.